The topological polar surface area (TPSA) is 50.7 Å². The number of hydrogen-bond acceptors (Lipinski definition) is 4. The van der Waals surface area contributed by atoms with Gasteiger partial charge in [-0.2, -0.15) is 5.10 Å². The average Bonchev–Trinajstić information content (AvgIpc) is 2.36. The molecule has 4 heteroatoms. The first-order valence-electron chi connectivity index (χ1n) is 6.13. The number of rotatable bonds is 4. The molecule has 0 saturated carbocycles. The van der Waals surface area contributed by atoms with Gasteiger partial charge >= 0.3 is 0 Å². The van der Waals surface area contributed by atoms with Crippen LogP contribution in [0.5, 0.6) is 0 Å². The summed E-state index contributed by atoms with van der Waals surface area (Å²) in [7, 11) is 0. The molecule has 0 spiro atoms. The molecule has 0 saturated heterocycles. The number of nitrogens with zero attached hydrogens (tertiary/aromatic N) is 3. The molecule has 0 aliphatic rings. The molecule has 2 aromatic rings. The zero-order valence-electron chi connectivity index (χ0n) is 11.1. The Balaban J connectivity index is 1.92. The molecule has 0 fully saturated rings. The van der Waals surface area contributed by atoms with E-state index in [1.54, 1.807) is 0 Å². The summed E-state index contributed by atoms with van der Waals surface area (Å²) in [6.45, 7) is 6.79. The predicted octanol–water partition coefficient (Wildman–Crippen LogP) is 2.45. The van der Waals surface area contributed by atoms with E-state index in [0.29, 0.717) is 5.95 Å². The van der Waals surface area contributed by atoms with Crippen molar-refractivity contribution in [3.8, 4) is 0 Å². The fraction of sp³-hybridized carbons (Fsp3) is 0.357. The first-order valence-corrected chi connectivity index (χ1v) is 6.13. The van der Waals surface area contributed by atoms with Gasteiger partial charge in [0.25, 0.3) is 0 Å². The van der Waals surface area contributed by atoms with Crippen LogP contribution in [0.15, 0.2) is 24.3 Å². The minimum Gasteiger partial charge on any atom is -0.353 e. The van der Waals surface area contributed by atoms with E-state index in [1.807, 2.05) is 13.8 Å². The summed E-state index contributed by atoms with van der Waals surface area (Å²) in [4.78, 5) is 4.34. The lowest BCUT2D eigenvalue weighted by Crippen LogP contribution is -2.10. The van der Waals surface area contributed by atoms with Gasteiger partial charge < -0.3 is 5.32 Å². The monoisotopic (exact) mass is 242 g/mol. The highest BCUT2D eigenvalue weighted by atomic mass is 15.2. The van der Waals surface area contributed by atoms with Crippen LogP contribution in [0.4, 0.5) is 5.95 Å². The first kappa shape index (κ1) is 12.5. The van der Waals surface area contributed by atoms with Crippen molar-refractivity contribution in [3.05, 3.63) is 46.8 Å². The minimum atomic E-state index is 0.603. The van der Waals surface area contributed by atoms with Crippen LogP contribution in [0, 0.1) is 20.8 Å². The highest BCUT2D eigenvalue weighted by Crippen LogP contribution is 2.08. The minimum absolute atomic E-state index is 0.603. The van der Waals surface area contributed by atoms with Crippen molar-refractivity contribution in [2.45, 2.75) is 27.2 Å². The van der Waals surface area contributed by atoms with Gasteiger partial charge in [0, 0.05) is 6.54 Å². The molecule has 0 aliphatic heterocycles. The molecule has 1 heterocycles. The average molecular weight is 242 g/mol. The van der Waals surface area contributed by atoms with Crippen LogP contribution < -0.4 is 5.32 Å². The zero-order chi connectivity index (χ0) is 13.0. The second-order valence-corrected chi connectivity index (χ2v) is 4.41. The van der Waals surface area contributed by atoms with Gasteiger partial charge in [-0.25, -0.2) is 4.98 Å². The molecule has 0 aliphatic carbocycles. The molecule has 4 nitrogen and oxygen atoms in total. The largest absolute Gasteiger partial charge is 0.353 e. The van der Waals surface area contributed by atoms with Crippen LogP contribution in [0.25, 0.3) is 0 Å². The maximum absolute atomic E-state index is 4.34. The summed E-state index contributed by atoms with van der Waals surface area (Å²) in [5, 5.41) is 11.3. The maximum atomic E-state index is 4.34. The van der Waals surface area contributed by atoms with Gasteiger partial charge in [0.2, 0.25) is 5.95 Å². The van der Waals surface area contributed by atoms with Crippen LogP contribution in [-0.4, -0.2) is 21.7 Å². The van der Waals surface area contributed by atoms with Gasteiger partial charge in [0.05, 0.1) is 11.4 Å². The van der Waals surface area contributed by atoms with Crippen molar-refractivity contribution in [1.29, 1.82) is 0 Å². The lowest BCUT2D eigenvalue weighted by Gasteiger charge is -2.07. The molecule has 0 radical (unpaired) electrons. The molecule has 0 bridgehead atoms. The first-order chi connectivity index (χ1) is 8.66. The molecule has 0 amide bonds. The van der Waals surface area contributed by atoms with Gasteiger partial charge in [0.15, 0.2) is 0 Å². The SMILES string of the molecule is Cc1ccccc1CCNc1nnc(C)c(C)n1. The van der Waals surface area contributed by atoms with E-state index >= 15 is 0 Å². The van der Waals surface area contributed by atoms with Crippen LogP contribution in [0.1, 0.15) is 22.5 Å². The van der Waals surface area contributed by atoms with Crippen molar-refractivity contribution >= 4 is 5.95 Å². The van der Waals surface area contributed by atoms with E-state index in [2.05, 4.69) is 51.7 Å². The molecule has 1 aromatic carbocycles. The van der Waals surface area contributed by atoms with Gasteiger partial charge in [0.1, 0.15) is 0 Å². The normalized spacial score (nSPS) is 10.4. The van der Waals surface area contributed by atoms with E-state index < -0.39 is 0 Å². The summed E-state index contributed by atoms with van der Waals surface area (Å²) < 4.78 is 0. The quantitative estimate of drug-likeness (QED) is 0.894. The van der Waals surface area contributed by atoms with E-state index in [9.17, 15) is 0 Å². The second kappa shape index (κ2) is 5.58. The van der Waals surface area contributed by atoms with Crippen LogP contribution in [0.3, 0.4) is 0 Å². The Hall–Kier alpha value is -1.97. The summed E-state index contributed by atoms with van der Waals surface area (Å²) >= 11 is 0. The molecular weight excluding hydrogens is 224 g/mol. The number of hydrogen-bond donors (Lipinski definition) is 1. The smallest absolute Gasteiger partial charge is 0.242 e. The molecule has 2 rings (SSSR count). The Kier molecular flexibility index (Phi) is 3.87. The fourth-order valence-electron chi connectivity index (χ4n) is 1.73. The lowest BCUT2D eigenvalue weighted by molar-refractivity contribution is 0.876. The molecule has 18 heavy (non-hydrogen) atoms. The van der Waals surface area contributed by atoms with Crippen LogP contribution in [-0.2, 0) is 6.42 Å². The number of benzene rings is 1. The third kappa shape index (κ3) is 3.03. The van der Waals surface area contributed by atoms with Gasteiger partial charge in [-0.15, -0.1) is 5.10 Å². The Labute approximate surface area is 107 Å². The third-order valence-corrected chi connectivity index (χ3v) is 3.03. The Morgan fingerprint density at radius 3 is 2.50 bits per heavy atom. The Morgan fingerprint density at radius 1 is 1.00 bits per heavy atom. The summed E-state index contributed by atoms with van der Waals surface area (Å²) in [5.74, 6) is 0.603. The lowest BCUT2D eigenvalue weighted by atomic mass is 10.1. The number of nitrogens with one attached hydrogen (secondary N) is 1. The zero-order valence-corrected chi connectivity index (χ0v) is 11.1. The summed E-state index contributed by atoms with van der Waals surface area (Å²) in [5.41, 5.74) is 4.46. The van der Waals surface area contributed by atoms with Crippen LogP contribution in [0.2, 0.25) is 0 Å². The van der Waals surface area contributed by atoms with Crippen molar-refractivity contribution in [3.63, 3.8) is 0 Å². The van der Waals surface area contributed by atoms with E-state index in [1.165, 1.54) is 11.1 Å². The number of aromatic nitrogens is 3. The molecule has 1 N–H and O–H groups in total. The molecule has 0 atom stereocenters. The standard InChI is InChI=1S/C14H18N4/c1-10-6-4-5-7-13(10)8-9-15-14-16-11(2)12(3)17-18-14/h4-7H,8-9H2,1-3H3,(H,15,16,18). The number of anilines is 1. The third-order valence-electron chi connectivity index (χ3n) is 3.03. The van der Waals surface area contributed by atoms with Crippen molar-refractivity contribution in [1.82, 2.24) is 15.2 Å². The summed E-state index contributed by atoms with van der Waals surface area (Å²) in [6.07, 6.45) is 0.961. The fourth-order valence-corrected chi connectivity index (χ4v) is 1.73. The van der Waals surface area contributed by atoms with Gasteiger partial charge in [-0.3, -0.25) is 0 Å². The number of aryl methyl sites for hydroxylation is 3. The van der Waals surface area contributed by atoms with Gasteiger partial charge in [-0.1, -0.05) is 24.3 Å². The second-order valence-electron chi connectivity index (χ2n) is 4.41. The van der Waals surface area contributed by atoms with Crippen LogP contribution >= 0.6 is 0 Å². The van der Waals surface area contributed by atoms with E-state index in [4.69, 9.17) is 0 Å². The highest BCUT2D eigenvalue weighted by molar-refractivity contribution is 5.28. The molecular formula is C14H18N4. The van der Waals surface area contributed by atoms with Crippen molar-refractivity contribution in [2.75, 3.05) is 11.9 Å². The maximum Gasteiger partial charge on any atom is 0.242 e. The van der Waals surface area contributed by atoms with Crippen molar-refractivity contribution < 1.29 is 0 Å². The molecule has 1 aromatic heterocycles. The highest BCUT2D eigenvalue weighted by Gasteiger charge is 2.01. The Bertz CT molecular complexity index is 537. The van der Waals surface area contributed by atoms with Gasteiger partial charge in [-0.05, 0) is 38.3 Å². The van der Waals surface area contributed by atoms with Crippen molar-refractivity contribution in [2.24, 2.45) is 0 Å². The summed E-state index contributed by atoms with van der Waals surface area (Å²) in [6, 6.07) is 8.40. The Morgan fingerprint density at radius 2 is 1.78 bits per heavy atom. The molecule has 94 valence electrons. The predicted molar refractivity (Wildman–Crippen MR) is 72.7 cm³/mol. The molecule has 0 unspecified atom stereocenters. The van der Waals surface area contributed by atoms with E-state index in [-0.39, 0.29) is 0 Å². The van der Waals surface area contributed by atoms with E-state index in [0.717, 1.165) is 24.4 Å².